The Kier molecular flexibility index (Phi) is 1.56. The molecule has 0 aliphatic carbocycles. The maximum Gasteiger partial charge on any atom is 0.505 e. The molecule has 1 heterocycles. The number of hydrogen-bond donors (Lipinski definition) is 4. The highest BCUT2D eigenvalue weighted by atomic mass is 17.0. The Bertz CT molecular complexity index is 338. The molecule has 0 saturated heterocycles. The summed E-state index contributed by atoms with van der Waals surface area (Å²) < 4.78 is 9.15. The van der Waals surface area contributed by atoms with Crippen LogP contribution in [0, 0.1) is 0 Å². The molecule has 1 aliphatic heterocycles. The van der Waals surface area contributed by atoms with E-state index in [4.69, 9.17) is 15.4 Å². The van der Waals surface area contributed by atoms with Crippen LogP contribution in [0.25, 0.3) is 0 Å². The maximum absolute atomic E-state index is 8.91. The summed E-state index contributed by atoms with van der Waals surface area (Å²) in [5, 5.41) is 26.3. The van der Waals surface area contributed by atoms with Crippen LogP contribution in [0.1, 0.15) is 0 Å². The van der Waals surface area contributed by atoms with Crippen LogP contribution in [-0.4, -0.2) is 21.6 Å². The Morgan fingerprint density at radius 3 is 2.54 bits per heavy atom. The Hall–Kier alpha value is -1.50. The zero-order valence-corrected chi connectivity index (χ0v) is 6.39. The van der Waals surface area contributed by atoms with Crippen LogP contribution in [0.2, 0.25) is 0 Å². The van der Waals surface area contributed by atoms with E-state index >= 15 is 0 Å². The van der Waals surface area contributed by atoms with Gasteiger partial charge in [-0.3, -0.25) is 20.9 Å². The van der Waals surface area contributed by atoms with Crippen LogP contribution >= 0.6 is 0 Å². The van der Waals surface area contributed by atoms with Crippen molar-refractivity contribution >= 4 is 5.69 Å². The topological polar surface area (TPSA) is 91.2 Å². The molecule has 0 saturated carbocycles. The van der Waals surface area contributed by atoms with Crippen molar-refractivity contribution in [1.29, 1.82) is 0 Å². The molecule has 4 N–H and O–H groups in total. The van der Waals surface area contributed by atoms with Gasteiger partial charge in [0, 0.05) is 6.07 Å². The molecule has 0 bridgehead atoms. The highest BCUT2D eigenvalue weighted by Gasteiger charge is 2.38. The second-order valence-corrected chi connectivity index (χ2v) is 2.53. The van der Waals surface area contributed by atoms with E-state index in [-0.39, 0.29) is 11.5 Å². The number of fused-ring (bicyclic) bond motifs is 1. The fourth-order valence-electron chi connectivity index (χ4n) is 1.05. The molecule has 1 aromatic rings. The second kappa shape index (κ2) is 2.49. The van der Waals surface area contributed by atoms with Gasteiger partial charge in [0.05, 0.1) is 5.69 Å². The molecular formula is C7H7NO5. The lowest BCUT2D eigenvalue weighted by Gasteiger charge is -2.10. The van der Waals surface area contributed by atoms with Crippen molar-refractivity contribution in [2.75, 3.05) is 5.48 Å². The lowest BCUT2D eigenvalue weighted by Crippen LogP contribution is -2.37. The number of benzene rings is 1. The average Bonchev–Trinajstić information content (AvgIpc) is 2.36. The molecule has 0 unspecified atom stereocenters. The Morgan fingerprint density at radius 2 is 1.85 bits per heavy atom. The van der Waals surface area contributed by atoms with Gasteiger partial charge in [-0.2, -0.15) is 0 Å². The summed E-state index contributed by atoms with van der Waals surface area (Å²) in [6.45, 7) is 0. The quantitative estimate of drug-likeness (QED) is 0.359. The van der Waals surface area contributed by atoms with E-state index in [0.29, 0.717) is 5.69 Å². The van der Waals surface area contributed by atoms with Gasteiger partial charge >= 0.3 is 6.16 Å². The average molecular weight is 185 g/mol. The van der Waals surface area contributed by atoms with Crippen LogP contribution < -0.4 is 15.0 Å². The molecule has 6 nitrogen and oxygen atoms in total. The molecule has 1 aromatic carbocycles. The van der Waals surface area contributed by atoms with Gasteiger partial charge in [0.2, 0.25) is 0 Å². The predicted molar refractivity (Wildman–Crippen MR) is 40.3 cm³/mol. The van der Waals surface area contributed by atoms with Crippen molar-refractivity contribution in [2.24, 2.45) is 0 Å². The van der Waals surface area contributed by atoms with Crippen molar-refractivity contribution in [2.45, 2.75) is 6.16 Å². The fraction of sp³-hybridized carbons (Fsp3) is 0.143. The number of ether oxygens (including phenoxy) is 2. The Morgan fingerprint density at radius 1 is 1.15 bits per heavy atom. The van der Waals surface area contributed by atoms with Crippen molar-refractivity contribution in [3.8, 4) is 11.5 Å². The van der Waals surface area contributed by atoms with Gasteiger partial charge in [-0.15, -0.1) is 0 Å². The van der Waals surface area contributed by atoms with E-state index in [9.17, 15) is 0 Å². The number of hydrogen-bond acceptors (Lipinski definition) is 6. The summed E-state index contributed by atoms with van der Waals surface area (Å²) in [7, 11) is 0. The molecule has 0 aromatic heterocycles. The van der Waals surface area contributed by atoms with Crippen LogP contribution in [0.5, 0.6) is 11.5 Å². The van der Waals surface area contributed by atoms with E-state index in [1.54, 1.807) is 0 Å². The third-order valence-corrected chi connectivity index (χ3v) is 1.56. The Balaban J connectivity index is 2.36. The second-order valence-electron chi connectivity index (χ2n) is 2.53. The molecule has 2 rings (SSSR count). The normalized spacial score (nSPS) is 17.2. The van der Waals surface area contributed by atoms with E-state index in [1.165, 1.54) is 18.2 Å². The predicted octanol–water partition coefficient (Wildman–Crippen LogP) is -0.145. The minimum absolute atomic E-state index is 0.143. The zero-order chi connectivity index (χ0) is 9.47. The molecule has 1 aliphatic rings. The molecule has 0 amide bonds. The minimum Gasteiger partial charge on any atom is -0.403 e. The van der Waals surface area contributed by atoms with Gasteiger partial charge in [-0.05, 0) is 12.1 Å². The van der Waals surface area contributed by atoms with Crippen molar-refractivity contribution < 1.29 is 24.9 Å². The molecule has 13 heavy (non-hydrogen) atoms. The van der Waals surface area contributed by atoms with E-state index in [0.717, 1.165) is 0 Å². The van der Waals surface area contributed by atoms with Crippen molar-refractivity contribution in [3.63, 3.8) is 0 Å². The smallest absolute Gasteiger partial charge is 0.403 e. The summed E-state index contributed by atoms with van der Waals surface area (Å²) in [4.78, 5) is 0. The van der Waals surface area contributed by atoms with Gasteiger partial charge < -0.3 is 9.47 Å². The molecular weight excluding hydrogens is 178 g/mol. The molecule has 0 spiro atoms. The van der Waals surface area contributed by atoms with Crippen LogP contribution in [0.3, 0.4) is 0 Å². The number of rotatable bonds is 1. The van der Waals surface area contributed by atoms with Gasteiger partial charge in [0.1, 0.15) is 0 Å². The van der Waals surface area contributed by atoms with Crippen LogP contribution in [-0.2, 0) is 0 Å². The maximum atomic E-state index is 8.91. The summed E-state index contributed by atoms with van der Waals surface area (Å²) in [6.07, 6.45) is -2.61. The third-order valence-electron chi connectivity index (χ3n) is 1.56. The van der Waals surface area contributed by atoms with Gasteiger partial charge in [-0.1, -0.05) is 0 Å². The van der Waals surface area contributed by atoms with Crippen molar-refractivity contribution in [3.05, 3.63) is 18.2 Å². The standard InChI is InChI=1S/C7H7NO5/c9-7(10)12-5-2-1-4(8-11)3-6(5)13-7/h1-3,8-11H. The van der Waals surface area contributed by atoms with E-state index in [2.05, 4.69) is 9.47 Å². The summed E-state index contributed by atoms with van der Waals surface area (Å²) >= 11 is 0. The molecule has 0 fully saturated rings. The summed E-state index contributed by atoms with van der Waals surface area (Å²) in [6, 6.07) is 4.29. The first-order chi connectivity index (χ1) is 6.11. The molecule has 0 atom stereocenters. The zero-order valence-electron chi connectivity index (χ0n) is 6.39. The third kappa shape index (κ3) is 1.37. The van der Waals surface area contributed by atoms with Gasteiger partial charge in [0.25, 0.3) is 0 Å². The highest BCUT2D eigenvalue weighted by Crippen LogP contribution is 2.38. The fourth-order valence-corrected chi connectivity index (χ4v) is 1.05. The highest BCUT2D eigenvalue weighted by molar-refractivity contribution is 5.54. The molecule has 0 radical (unpaired) electrons. The largest absolute Gasteiger partial charge is 0.505 e. The van der Waals surface area contributed by atoms with Gasteiger partial charge in [0.15, 0.2) is 11.5 Å². The lowest BCUT2D eigenvalue weighted by molar-refractivity contribution is -0.385. The first-order valence-electron chi connectivity index (χ1n) is 3.48. The number of aliphatic hydroxyl groups is 2. The molecule has 70 valence electrons. The number of nitrogens with one attached hydrogen (secondary N) is 1. The SMILES string of the molecule is ONc1ccc2c(c1)OC(O)(O)O2. The lowest BCUT2D eigenvalue weighted by atomic mass is 10.3. The monoisotopic (exact) mass is 185 g/mol. The van der Waals surface area contributed by atoms with Gasteiger partial charge in [-0.25, -0.2) is 0 Å². The number of anilines is 1. The van der Waals surface area contributed by atoms with Crippen LogP contribution in [0.15, 0.2) is 18.2 Å². The molecule has 6 heteroatoms. The van der Waals surface area contributed by atoms with Crippen LogP contribution in [0.4, 0.5) is 5.69 Å². The van der Waals surface area contributed by atoms with E-state index in [1.807, 2.05) is 5.48 Å². The summed E-state index contributed by atoms with van der Waals surface area (Å²) in [5.74, 6) is 0.341. The van der Waals surface area contributed by atoms with Crippen molar-refractivity contribution in [1.82, 2.24) is 0 Å². The van der Waals surface area contributed by atoms with E-state index < -0.39 is 6.16 Å². The first kappa shape index (κ1) is 8.11. The minimum atomic E-state index is -2.61. The Labute approximate surface area is 72.9 Å². The summed E-state index contributed by atoms with van der Waals surface area (Å²) in [5.41, 5.74) is 2.25. The first-order valence-corrected chi connectivity index (χ1v) is 3.48.